The quantitative estimate of drug-likeness (QED) is 0.682. The van der Waals surface area contributed by atoms with E-state index < -0.39 is 23.3 Å². The summed E-state index contributed by atoms with van der Waals surface area (Å²) < 4.78 is 0. The fraction of sp³-hybridized carbons (Fsp3) is 0.778. The van der Waals surface area contributed by atoms with Crippen molar-refractivity contribution in [1.82, 2.24) is 0 Å². The van der Waals surface area contributed by atoms with Crippen molar-refractivity contribution in [3.8, 4) is 0 Å². The van der Waals surface area contributed by atoms with Crippen LogP contribution in [0, 0.1) is 11.3 Å². The highest BCUT2D eigenvalue weighted by Crippen LogP contribution is 2.41. The lowest BCUT2D eigenvalue weighted by Gasteiger charge is -2.34. The molecule has 0 amide bonds. The van der Waals surface area contributed by atoms with E-state index in [9.17, 15) is 9.59 Å². The first-order valence-electron chi connectivity index (χ1n) is 4.44. The molecule has 0 heterocycles. The number of hydrogen-bond donors (Lipinski definition) is 2. The van der Waals surface area contributed by atoms with Gasteiger partial charge in [0.2, 0.25) is 0 Å². The molecule has 0 aromatic heterocycles. The highest BCUT2D eigenvalue weighted by atomic mass is 16.4. The largest absolute Gasteiger partial charge is 0.481 e. The summed E-state index contributed by atoms with van der Waals surface area (Å²) in [6, 6.07) is 0. The van der Waals surface area contributed by atoms with Crippen molar-refractivity contribution in [3.05, 3.63) is 0 Å². The van der Waals surface area contributed by atoms with E-state index in [1.165, 1.54) is 6.92 Å². The second-order valence-electron chi connectivity index (χ2n) is 3.86. The zero-order valence-corrected chi connectivity index (χ0v) is 7.62. The van der Waals surface area contributed by atoms with Gasteiger partial charge in [-0.2, -0.15) is 0 Å². The number of carboxylic acids is 2. The minimum Gasteiger partial charge on any atom is -0.481 e. The van der Waals surface area contributed by atoms with Gasteiger partial charge in [-0.05, 0) is 19.8 Å². The van der Waals surface area contributed by atoms with Crippen molar-refractivity contribution in [2.75, 3.05) is 0 Å². The Morgan fingerprint density at radius 2 is 1.92 bits per heavy atom. The van der Waals surface area contributed by atoms with Crippen LogP contribution in [0.1, 0.15) is 32.6 Å². The zero-order chi connectivity index (χ0) is 10.1. The van der Waals surface area contributed by atoms with Gasteiger partial charge in [-0.25, -0.2) is 0 Å². The first kappa shape index (κ1) is 10.0. The third-order valence-corrected chi connectivity index (χ3v) is 2.99. The van der Waals surface area contributed by atoms with Gasteiger partial charge in [0, 0.05) is 0 Å². The highest BCUT2D eigenvalue weighted by molar-refractivity contribution is 5.83. The summed E-state index contributed by atoms with van der Waals surface area (Å²) >= 11 is 0. The van der Waals surface area contributed by atoms with Crippen molar-refractivity contribution in [1.29, 1.82) is 0 Å². The second kappa shape index (κ2) is 3.36. The first-order valence-corrected chi connectivity index (χ1v) is 4.44. The summed E-state index contributed by atoms with van der Waals surface area (Å²) in [5, 5.41) is 17.8. The molecule has 0 radical (unpaired) electrons. The predicted octanol–water partition coefficient (Wildman–Crippen LogP) is 1.35. The van der Waals surface area contributed by atoms with Crippen LogP contribution < -0.4 is 0 Å². The topological polar surface area (TPSA) is 74.6 Å². The molecule has 2 atom stereocenters. The van der Waals surface area contributed by atoms with E-state index in [0.29, 0.717) is 12.8 Å². The highest BCUT2D eigenvalue weighted by Gasteiger charge is 2.46. The van der Waals surface area contributed by atoms with E-state index in [1.54, 1.807) is 0 Å². The normalized spacial score (nSPS) is 34.1. The van der Waals surface area contributed by atoms with Gasteiger partial charge in [0.1, 0.15) is 0 Å². The Balaban J connectivity index is 2.89. The minimum absolute atomic E-state index is 0.472. The predicted molar refractivity (Wildman–Crippen MR) is 45.3 cm³/mol. The molecule has 1 aliphatic carbocycles. The van der Waals surface area contributed by atoms with Gasteiger partial charge in [-0.3, -0.25) is 9.59 Å². The Bertz CT molecular complexity index is 236. The maximum absolute atomic E-state index is 10.9. The molecular weight excluding hydrogens is 172 g/mol. The van der Waals surface area contributed by atoms with Crippen LogP contribution in [0.3, 0.4) is 0 Å². The molecule has 1 fully saturated rings. The van der Waals surface area contributed by atoms with E-state index >= 15 is 0 Å². The second-order valence-corrected chi connectivity index (χ2v) is 3.86. The van der Waals surface area contributed by atoms with E-state index in [4.69, 9.17) is 10.2 Å². The summed E-state index contributed by atoms with van der Waals surface area (Å²) in [6.45, 7) is 1.54. The number of hydrogen-bond acceptors (Lipinski definition) is 2. The summed E-state index contributed by atoms with van der Waals surface area (Å²) in [4.78, 5) is 21.7. The average Bonchev–Trinajstić information content (AvgIpc) is 2.04. The van der Waals surface area contributed by atoms with Gasteiger partial charge in [-0.1, -0.05) is 12.8 Å². The third-order valence-electron chi connectivity index (χ3n) is 2.99. The van der Waals surface area contributed by atoms with Gasteiger partial charge in [0.25, 0.3) is 0 Å². The number of carbonyl (C=O) groups is 2. The Morgan fingerprint density at radius 1 is 1.31 bits per heavy atom. The van der Waals surface area contributed by atoms with Crippen molar-refractivity contribution in [3.63, 3.8) is 0 Å². The molecule has 0 spiro atoms. The summed E-state index contributed by atoms with van der Waals surface area (Å²) in [5.41, 5.74) is -1.07. The lowest BCUT2D eigenvalue weighted by atomic mass is 9.67. The van der Waals surface area contributed by atoms with Gasteiger partial charge < -0.3 is 10.2 Å². The maximum Gasteiger partial charge on any atom is 0.310 e. The molecule has 13 heavy (non-hydrogen) atoms. The molecule has 0 aromatic rings. The van der Waals surface area contributed by atoms with Gasteiger partial charge in [0.15, 0.2) is 0 Å². The molecule has 2 unspecified atom stereocenters. The van der Waals surface area contributed by atoms with Gasteiger partial charge in [-0.15, -0.1) is 0 Å². The molecule has 0 saturated heterocycles. The molecule has 4 nitrogen and oxygen atoms in total. The van der Waals surface area contributed by atoms with Crippen molar-refractivity contribution in [2.24, 2.45) is 11.3 Å². The first-order chi connectivity index (χ1) is 5.98. The number of rotatable bonds is 2. The molecule has 1 rings (SSSR count). The zero-order valence-electron chi connectivity index (χ0n) is 7.62. The van der Waals surface area contributed by atoms with Crippen LogP contribution in [0.2, 0.25) is 0 Å². The fourth-order valence-electron chi connectivity index (χ4n) is 1.99. The molecule has 74 valence electrons. The molecule has 1 saturated carbocycles. The van der Waals surface area contributed by atoms with Crippen LogP contribution in [0.4, 0.5) is 0 Å². The van der Waals surface area contributed by atoms with Gasteiger partial charge >= 0.3 is 11.9 Å². The summed E-state index contributed by atoms with van der Waals surface area (Å²) in [6.07, 6.45) is 2.59. The lowest BCUT2D eigenvalue weighted by molar-refractivity contribution is -0.164. The van der Waals surface area contributed by atoms with Crippen LogP contribution in [-0.2, 0) is 9.59 Å². The molecule has 4 heteroatoms. The maximum atomic E-state index is 10.9. The number of aliphatic carboxylic acids is 2. The fourth-order valence-corrected chi connectivity index (χ4v) is 1.99. The molecule has 2 N–H and O–H groups in total. The Labute approximate surface area is 76.6 Å². The van der Waals surface area contributed by atoms with Crippen molar-refractivity contribution in [2.45, 2.75) is 32.6 Å². The van der Waals surface area contributed by atoms with E-state index in [1.807, 2.05) is 0 Å². The van der Waals surface area contributed by atoms with Crippen molar-refractivity contribution < 1.29 is 19.8 Å². The third kappa shape index (κ3) is 1.66. The molecule has 0 aromatic carbocycles. The standard InChI is InChI=1S/C9H14O4/c1-9(8(12)13)5-3-2-4-6(9)7(10)11/h6H,2-5H2,1H3,(H,10,11)(H,12,13). The van der Waals surface area contributed by atoms with Crippen LogP contribution in [0.15, 0.2) is 0 Å². The van der Waals surface area contributed by atoms with Crippen molar-refractivity contribution >= 4 is 11.9 Å². The van der Waals surface area contributed by atoms with Crippen LogP contribution in [-0.4, -0.2) is 22.2 Å². The Kier molecular flexibility index (Phi) is 2.59. The van der Waals surface area contributed by atoms with Crippen LogP contribution in [0.5, 0.6) is 0 Å². The lowest BCUT2D eigenvalue weighted by Crippen LogP contribution is -2.42. The molecule has 0 bridgehead atoms. The summed E-state index contributed by atoms with van der Waals surface area (Å²) in [5.74, 6) is -2.69. The smallest absolute Gasteiger partial charge is 0.310 e. The van der Waals surface area contributed by atoms with E-state index in [0.717, 1.165) is 12.8 Å². The molecular formula is C9H14O4. The monoisotopic (exact) mass is 186 g/mol. The van der Waals surface area contributed by atoms with Gasteiger partial charge in [0.05, 0.1) is 11.3 Å². The minimum atomic E-state index is -1.07. The average molecular weight is 186 g/mol. The Hall–Kier alpha value is -1.06. The summed E-state index contributed by atoms with van der Waals surface area (Å²) in [7, 11) is 0. The SMILES string of the molecule is CC1(C(=O)O)CCCCC1C(=O)O. The molecule has 0 aliphatic heterocycles. The van der Waals surface area contributed by atoms with Crippen LogP contribution in [0.25, 0.3) is 0 Å². The van der Waals surface area contributed by atoms with E-state index in [-0.39, 0.29) is 0 Å². The van der Waals surface area contributed by atoms with E-state index in [2.05, 4.69) is 0 Å². The van der Waals surface area contributed by atoms with Crippen LogP contribution >= 0.6 is 0 Å². The Morgan fingerprint density at radius 3 is 2.31 bits per heavy atom. The number of carboxylic acid groups (broad SMARTS) is 2. The molecule has 1 aliphatic rings.